The van der Waals surface area contributed by atoms with Gasteiger partial charge in [-0.05, 0) is 91.8 Å². The molecule has 2 aromatic rings. The number of carboxylic acid groups (broad SMARTS) is 2. The van der Waals surface area contributed by atoms with Crippen LogP contribution in [0.3, 0.4) is 0 Å². The molecule has 5 heterocycles. The van der Waals surface area contributed by atoms with Crippen molar-refractivity contribution in [1.82, 2.24) is 20.6 Å². The number of allylic oxidation sites excluding steroid dienone is 2. The third-order valence-electron chi connectivity index (χ3n) is 9.25. The number of aromatic nitrogens is 2. The van der Waals surface area contributed by atoms with Crippen molar-refractivity contribution in [3.05, 3.63) is 67.6 Å². The summed E-state index contributed by atoms with van der Waals surface area (Å²) in [4.78, 5) is 55.2. The molecule has 11 heteroatoms. The number of amides is 2. The fourth-order valence-electron chi connectivity index (χ4n) is 6.58. The highest BCUT2D eigenvalue weighted by Gasteiger charge is 2.52. The molecule has 3 aliphatic rings. The molecule has 0 saturated carbocycles. The molecule has 5 rings (SSSR count). The Bertz CT molecular complexity index is 1640. The van der Waals surface area contributed by atoms with Crippen LogP contribution in [0, 0.1) is 25.7 Å². The van der Waals surface area contributed by atoms with Crippen molar-refractivity contribution >= 4 is 47.7 Å². The number of rotatable bonds is 12. The van der Waals surface area contributed by atoms with E-state index in [0.717, 1.165) is 73.3 Å². The molecule has 2 fully saturated rings. The van der Waals surface area contributed by atoms with Gasteiger partial charge in [-0.3, -0.25) is 19.2 Å². The van der Waals surface area contributed by atoms with E-state index in [1.807, 2.05) is 46.8 Å². The third-order valence-corrected chi connectivity index (χ3v) is 10.4. The fraction of sp³-hybridized carbons (Fsp3) is 0.455. The minimum Gasteiger partial charge on any atom is -0.481 e. The lowest BCUT2D eigenvalue weighted by molar-refractivity contribution is -0.138. The molecule has 2 aromatic heterocycles. The van der Waals surface area contributed by atoms with Crippen LogP contribution in [0.1, 0.15) is 85.1 Å². The lowest BCUT2D eigenvalue weighted by Gasteiger charge is -2.08. The van der Waals surface area contributed by atoms with Gasteiger partial charge < -0.3 is 30.8 Å². The van der Waals surface area contributed by atoms with Crippen LogP contribution >= 0.6 is 0 Å². The summed E-state index contributed by atoms with van der Waals surface area (Å²) in [6, 6.07) is 0. The predicted molar refractivity (Wildman–Crippen MR) is 171 cm³/mol. The number of carbonyl (C=O) groups is 4. The minimum atomic E-state index is -0.893. The van der Waals surface area contributed by atoms with Gasteiger partial charge in [0.2, 0.25) is 5.91 Å². The number of aromatic amines is 2. The Labute approximate surface area is 260 Å². The standard InChI is InChI=1S/C33H40N4O6S/c1-6-19-15(2)24(36-33(19)43)11-22-16(3)20(7-9-29(38)39)25(34-22)13-26-21(8-10-30(40)41)17(4)23(35-26)12-27-31(28-14-44-28)18(5)32(42)37-27/h11-12,18,28,31,34-35H,6-10,13-14H2,1-5H3,(H,36,43)(H,37,42)(H,38,39)(H,40,41)/p+1/b24-11-,27-12+/t18-,28-,31-/m1/s1. The summed E-state index contributed by atoms with van der Waals surface area (Å²) in [7, 11) is 0. The number of hydrogen-bond donors (Lipinski definition) is 6. The van der Waals surface area contributed by atoms with Crippen molar-refractivity contribution in [2.75, 3.05) is 5.75 Å². The summed E-state index contributed by atoms with van der Waals surface area (Å²) >= 11 is 1.36. The van der Waals surface area contributed by atoms with Crippen LogP contribution in [-0.4, -0.2) is 54.9 Å². The first-order chi connectivity index (χ1) is 20.9. The van der Waals surface area contributed by atoms with Gasteiger partial charge in [0, 0.05) is 64.9 Å². The van der Waals surface area contributed by atoms with Crippen molar-refractivity contribution in [2.45, 2.75) is 78.4 Å². The molecular formula is C33H41N4O6S+. The first-order valence-corrected chi connectivity index (χ1v) is 16.3. The van der Waals surface area contributed by atoms with Crippen molar-refractivity contribution in [3.8, 4) is 0 Å². The zero-order valence-corrected chi connectivity index (χ0v) is 26.7. The van der Waals surface area contributed by atoms with Gasteiger partial charge in [0.1, 0.15) is 0 Å². The van der Waals surface area contributed by atoms with Crippen LogP contribution in [0.2, 0.25) is 0 Å². The van der Waals surface area contributed by atoms with E-state index in [2.05, 4.69) is 20.6 Å². The first kappa shape index (κ1) is 31.4. The molecule has 0 bridgehead atoms. The summed E-state index contributed by atoms with van der Waals surface area (Å²) in [6.45, 7) is 9.75. The molecule has 10 nitrogen and oxygen atoms in total. The number of thiol groups is 1. The molecule has 0 spiro atoms. The van der Waals surface area contributed by atoms with E-state index in [9.17, 15) is 29.4 Å². The van der Waals surface area contributed by atoms with Crippen molar-refractivity contribution in [3.63, 3.8) is 0 Å². The Morgan fingerprint density at radius 3 is 1.93 bits per heavy atom. The Hall–Kier alpha value is -3.99. The maximum absolute atomic E-state index is 12.6. The van der Waals surface area contributed by atoms with Crippen LogP contribution in [-0.2, 0) is 50.2 Å². The smallest absolute Gasteiger partial charge is 0.303 e. The SMILES string of the molecule is CCC1=C(C)/C(=C/c2[nH]c(Cc3[nH]c(/C=C4/NC(=O)[C@H](C)[C@H]4[C@H]4C[SH+]4)c(C)c3CCC(=O)O)c(CCC(=O)O)c2C)NC1=O. The van der Waals surface area contributed by atoms with E-state index in [-0.39, 0.29) is 36.5 Å². The molecule has 2 amide bonds. The summed E-state index contributed by atoms with van der Waals surface area (Å²) in [5.74, 6) is -0.719. The molecule has 3 atom stereocenters. The largest absolute Gasteiger partial charge is 0.481 e. The van der Waals surface area contributed by atoms with Gasteiger partial charge in [-0.1, -0.05) is 13.8 Å². The van der Waals surface area contributed by atoms with Gasteiger partial charge in [-0.15, -0.1) is 0 Å². The quantitative estimate of drug-likeness (QED) is 0.120. The fourth-order valence-corrected chi connectivity index (χ4v) is 7.57. The molecule has 0 aliphatic carbocycles. The monoisotopic (exact) mass is 621 g/mol. The molecule has 234 valence electrons. The summed E-state index contributed by atoms with van der Waals surface area (Å²) in [5, 5.41) is 25.5. The molecule has 6 N–H and O–H groups in total. The molecule has 0 radical (unpaired) electrons. The molecule has 44 heavy (non-hydrogen) atoms. The summed E-state index contributed by atoms with van der Waals surface area (Å²) in [5.41, 5.74) is 10.2. The second kappa shape index (κ2) is 12.6. The number of carboxylic acids is 2. The molecular weight excluding hydrogens is 580 g/mol. The molecule has 3 aliphatic heterocycles. The average Bonchev–Trinajstić information content (AvgIpc) is 3.53. The molecule has 0 unspecified atom stereocenters. The summed E-state index contributed by atoms with van der Waals surface area (Å²) < 4.78 is 0. The van der Waals surface area contributed by atoms with Crippen LogP contribution < -0.4 is 10.6 Å². The number of aliphatic carboxylic acids is 2. The average molecular weight is 622 g/mol. The van der Waals surface area contributed by atoms with Gasteiger partial charge in [0.05, 0.1) is 5.92 Å². The van der Waals surface area contributed by atoms with E-state index in [0.29, 0.717) is 30.9 Å². The zero-order valence-electron chi connectivity index (χ0n) is 25.8. The van der Waals surface area contributed by atoms with Crippen LogP contribution in [0.25, 0.3) is 12.2 Å². The second-order valence-corrected chi connectivity index (χ2v) is 13.4. The van der Waals surface area contributed by atoms with Crippen LogP contribution in [0.15, 0.2) is 22.5 Å². The Kier molecular flexibility index (Phi) is 8.97. The third kappa shape index (κ3) is 6.29. The number of hydrogen-bond acceptors (Lipinski definition) is 4. The van der Waals surface area contributed by atoms with Crippen LogP contribution in [0.5, 0.6) is 0 Å². The van der Waals surface area contributed by atoms with Gasteiger partial charge in [-0.2, -0.15) is 0 Å². The number of nitrogens with one attached hydrogen (secondary N) is 4. The number of H-pyrrole nitrogens is 2. The highest BCUT2D eigenvalue weighted by atomic mass is 32.2. The van der Waals surface area contributed by atoms with Crippen LogP contribution in [0.4, 0.5) is 0 Å². The van der Waals surface area contributed by atoms with Crippen molar-refractivity contribution in [2.24, 2.45) is 11.8 Å². The van der Waals surface area contributed by atoms with Crippen molar-refractivity contribution < 1.29 is 29.4 Å². The Balaban J connectivity index is 1.55. The first-order valence-electron chi connectivity index (χ1n) is 15.2. The Morgan fingerprint density at radius 1 is 0.909 bits per heavy atom. The molecule has 2 saturated heterocycles. The lowest BCUT2D eigenvalue weighted by Crippen LogP contribution is -2.17. The maximum Gasteiger partial charge on any atom is 0.303 e. The highest BCUT2D eigenvalue weighted by molar-refractivity contribution is 7.86. The minimum absolute atomic E-state index is 0.0278. The molecule has 0 aromatic carbocycles. The van der Waals surface area contributed by atoms with Gasteiger partial charge in [-0.25, -0.2) is 0 Å². The normalized spacial score (nSPS) is 23.2. The maximum atomic E-state index is 12.6. The van der Waals surface area contributed by atoms with E-state index in [1.54, 1.807) is 0 Å². The van der Waals surface area contributed by atoms with Crippen molar-refractivity contribution in [1.29, 1.82) is 0 Å². The van der Waals surface area contributed by atoms with E-state index < -0.39 is 11.9 Å². The van der Waals surface area contributed by atoms with Gasteiger partial charge >= 0.3 is 11.9 Å². The Morgan fingerprint density at radius 2 is 1.45 bits per heavy atom. The van der Waals surface area contributed by atoms with E-state index in [1.165, 1.54) is 11.8 Å². The highest BCUT2D eigenvalue weighted by Crippen LogP contribution is 2.38. The zero-order chi connectivity index (χ0) is 31.9. The van der Waals surface area contributed by atoms with E-state index in [4.69, 9.17) is 0 Å². The topological polar surface area (TPSA) is 164 Å². The second-order valence-electron chi connectivity index (χ2n) is 12.0. The van der Waals surface area contributed by atoms with Gasteiger partial charge in [0.15, 0.2) is 11.0 Å². The van der Waals surface area contributed by atoms with Gasteiger partial charge in [0.25, 0.3) is 5.91 Å². The van der Waals surface area contributed by atoms with E-state index >= 15 is 0 Å². The summed E-state index contributed by atoms with van der Waals surface area (Å²) in [6.07, 6.45) is 5.54. The number of carbonyl (C=O) groups excluding carboxylic acids is 2. The lowest BCUT2D eigenvalue weighted by atomic mass is 9.91. The predicted octanol–water partition coefficient (Wildman–Crippen LogP) is 3.70.